The van der Waals surface area contributed by atoms with Gasteiger partial charge in [0, 0.05) is 33.3 Å². The molecule has 0 aliphatic carbocycles. The van der Waals surface area contributed by atoms with Crippen LogP contribution in [0.5, 0.6) is 0 Å². The summed E-state index contributed by atoms with van der Waals surface area (Å²) in [7, 11) is 0. The van der Waals surface area contributed by atoms with Gasteiger partial charge in [0.2, 0.25) is 5.91 Å². The zero-order valence-electron chi connectivity index (χ0n) is 13.9. The number of halogens is 1. The van der Waals surface area contributed by atoms with Crippen LogP contribution in [0.1, 0.15) is 13.8 Å². The molecule has 0 atom stereocenters. The molecule has 1 aromatic heterocycles. The van der Waals surface area contributed by atoms with E-state index in [0.717, 1.165) is 27.8 Å². The second kappa shape index (κ2) is 7.68. The number of rotatable bonds is 5. The SMILES string of the molecule is CC(C)C(=O)Nc1cccc(-c2csc(Nc3cccc(Cl)c3)n2)c1. The van der Waals surface area contributed by atoms with Crippen LogP contribution in [-0.4, -0.2) is 10.9 Å². The van der Waals surface area contributed by atoms with Gasteiger partial charge in [-0.25, -0.2) is 4.98 Å². The van der Waals surface area contributed by atoms with Gasteiger partial charge in [-0.1, -0.05) is 43.6 Å². The number of thiazole rings is 1. The van der Waals surface area contributed by atoms with Gasteiger partial charge in [-0.3, -0.25) is 4.79 Å². The maximum absolute atomic E-state index is 11.8. The Morgan fingerprint density at radius 2 is 1.88 bits per heavy atom. The number of amides is 1. The highest BCUT2D eigenvalue weighted by molar-refractivity contribution is 7.14. The van der Waals surface area contributed by atoms with E-state index in [2.05, 4.69) is 15.6 Å². The van der Waals surface area contributed by atoms with Gasteiger partial charge in [0.1, 0.15) is 0 Å². The van der Waals surface area contributed by atoms with Crippen LogP contribution < -0.4 is 10.6 Å². The Morgan fingerprint density at radius 3 is 2.64 bits per heavy atom. The molecule has 0 saturated heterocycles. The Bertz CT molecular complexity index is 892. The molecule has 0 saturated carbocycles. The second-order valence-electron chi connectivity index (χ2n) is 5.90. The van der Waals surface area contributed by atoms with Crippen molar-refractivity contribution in [3.63, 3.8) is 0 Å². The van der Waals surface area contributed by atoms with Crippen LogP contribution in [0.4, 0.5) is 16.5 Å². The number of hydrogen-bond donors (Lipinski definition) is 2. The van der Waals surface area contributed by atoms with Crippen LogP contribution in [0.3, 0.4) is 0 Å². The van der Waals surface area contributed by atoms with Gasteiger partial charge in [0.15, 0.2) is 5.13 Å². The van der Waals surface area contributed by atoms with Crippen molar-refractivity contribution < 1.29 is 4.79 Å². The number of nitrogens with zero attached hydrogens (tertiary/aromatic N) is 1. The summed E-state index contributed by atoms with van der Waals surface area (Å²) in [5.41, 5.74) is 3.48. The van der Waals surface area contributed by atoms with E-state index in [0.29, 0.717) is 5.02 Å². The van der Waals surface area contributed by atoms with Crippen molar-refractivity contribution >= 4 is 45.4 Å². The molecule has 0 aliphatic rings. The molecule has 128 valence electrons. The third-order valence-electron chi connectivity index (χ3n) is 3.53. The van der Waals surface area contributed by atoms with Gasteiger partial charge in [-0.2, -0.15) is 0 Å². The highest BCUT2D eigenvalue weighted by Crippen LogP contribution is 2.29. The van der Waals surface area contributed by atoms with Crippen molar-refractivity contribution in [2.75, 3.05) is 10.6 Å². The molecule has 25 heavy (non-hydrogen) atoms. The van der Waals surface area contributed by atoms with E-state index in [-0.39, 0.29) is 11.8 Å². The number of benzene rings is 2. The number of hydrogen-bond acceptors (Lipinski definition) is 4. The van der Waals surface area contributed by atoms with Crippen LogP contribution in [0, 0.1) is 5.92 Å². The average molecular weight is 372 g/mol. The van der Waals surface area contributed by atoms with E-state index in [1.807, 2.05) is 67.8 Å². The van der Waals surface area contributed by atoms with Crippen LogP contribution in [0.15, 0.2) is 53.9 Å². The minimum atomic E-state index is -0.0589. The fourth-order valence-electron chi connectivity index (χ4n) is 2.20. The Labute approximate surface area is 155 Å². The van der Waals surface area contributed by atoms with Crippen molar-refractivity contribution in [1.29, 1.82) is 0 Å². The maximum atomic E-state index is 11.8. The number of nitrogens with one attached hydrogen (secondary N) is 2. The summed E-state index contributed by atoms with van der Waals surface area (Å²) in [6.07, 6.45) is 0. The number of anilines is 3. The third kappa shape index (κ3) is 4.59. The van der Waals surface area contributed by atoms with Gasteiger partial charge in [-0.05, 0) is 30.3 Å². The normalized spacial score (nSPS) is 10.7. The minimum absolute atomic E-state index is 0.00117. The Hall–Kier alpha value is -2.37. The lowest BCUT2D eigenvalue weighted by Crippen LogP contribution is -2.17. The van der Waals surface area contributed by atoms with Crippen LogP contribution >= 0.6 is 22.9 Å². The van der Waals surface area contributed by atoms with Crippen molar-refractivity contribution in [3.05, 3.63) is 58.9 Å². The first kappa shape index (κ1) is 17.5. The molecule has 2 aromatic carbocycles. The maximum Gasteiger partial charge on any atom is 0.226 e. The summed E-state index contributed by atoms with van der Waals surface area (Å²) in [4.78, 5) is 16.5. The first-order chi connectivity index (χ1) is 12.0. The molecule has 3 aromatic rings. The van der Waals surface area contributed by atoms with Gasteiger partial charge < -0.3 is 10.6 Å². The lowest BCUT2D eigenvalue weighted by molar-refractivity contribution is -0.118. The van der Waals surface area contributed by atoms with E-state index in [4.69, 9.17) is 11.6 Å². The average Bonchev–Trinajstić information content (AvgIpc) is 3.03. The predicted octanol–water partition coefficient (Wildman–Crippen LogP) is 5.80. The fraction of sp³-hybridized carbons (Fsp3) is 0.158. The predicted molar refractivity (Wildman–Crippen MR) is 106 cm³/mol. The number of carbonyl (C=O) groups is 1. The summed E-state index contributed by atoms with van der Waals surface area (Å²) < 4.78 is 0. The monoisotopic (exact) mass is 371 g/mol. The molecule has 4 nitrogen and oxygen atoms in total. The van der Waals surface area contributed by atoms with Crippen molar-refractivity contribution in [3.8, 4) is 11.3 Å². The van der Waals surface area contributed by atoms with Crippen molar-refractivity contribution in [2.24, 2.45) is 5.92 Å². The summed E-state index contributed by atoms with van der Waals surface area (Å²) in [5.74, 6) is -0.0600. The summed E-state index contributed by atoms with van der Waals surface area (Å²) in [6.45, 7) is 3.74. The molecular weight excluding hydrogens is 354 g/mol. The fourth-order valence-corrected chi connectivity index (χ4v) is 3.13. The van der Waals surface area contributed by atoms with E-state index in [1.165, 1.54) is 11.3 Å². The molecule has 1 amide bonds. The smallest absolute Gasteiger partial charge is 0.226 e. The molecule has 0 spiro atoms. The quantitative estimate of drug-likeness (QED) is 0.595. The summed E-state index contributed by atoms with van der Waals surface area (Å²) >= 11 is 7.52. The Morgan fingerprint density at radius 1 is 1.12 bits per heavy atom. The highest BCUT2D eigenvalue weighted by atomic mass is 35.5. The molecule has 0 unspecified atom stereocenters. The van der Waals surface area contributed by atoms with E-state index >= 15 is 0 Å². The Balaban J connectivity index is 1.77. The van der Waals surface area contributed by atoms with E-state index in [1.54, 1.807) is 0 Å². The van der Waals surface area contributed by atoms with Gasteiger partial charge in [0.25, 0.3) is 0 Å². The number of carbonyl (C=O) groups excluding carboxylic acids is 1. The third-order valence-corrected chi connectivity index (χ3v) is 4.52. The van der Waals surface area contributed by atoms with Crippen molar-refractivity contribution in [1.82, 2.24) is 4.98 Å². The first-order valence-electron chi connectivity index (χ1n) is 7.90. The molecular formula is C19H18ClN3OS. The minimum Gasteiger partial charge on any atom is -0.331 e. The van der Waals surface area contributed by atoms with Gasteiger partial charge >= 0.3 is 0 Å². The van der Waals surface area contributed by atoms with Crippen LogP contribution in [-0.2, 0) is 4.79 Å². The number of aromatic nitrogens is 1. The van der Waals surface area contributed by atoms with Crippen molar-refractivity contribution in [2.45, 2.75) is 13.8 Å². The second-order valence-corrected chi connectivity index (χ2v) is 7.19. The summed E-state index contributed by atoms with van der Waals surface area (Å²) in [5, 5.41) is 9.61. The lowest BCUT2D eigenvalue weighted by atomic mass is 10.1. The first-order valence-corrected chi connectivity index (χ1v) is 9.16. The standard InChI is InChI=1S/C19H18ClN3OS/c1-12(2)18(24)21-15-7-3-5-13(9-15)17-11-25-19(23-17)22-16-8-4-6-14(20)10-16/h3-12H,1-2H3,(H,21,24)(H,22,23). The molecule has 2 N–H and O–H groups in total. The topological polar surface area (TPSA) is 54.0 Å². The largest absolute Gasteiger partial charge is 0.331 e. The molecule has 3 rings (SSSR count). The van der Waals surface area contributed by atoms with Gasteiger partial charge in [-0.15, -0.1) is 11.3 Å². The van der Waals surface area contributed by atoms with Gasteiger partial charge in [0.05, 0.1) is 5.69 Å². The molecule has 0 radical (unpaired) electrons. The molecule has 6 heteroatoms. The highest BCUT2D eigenvalue weighted by Gasteiger charge is 2.09. The van der Waals surface area contributed by atoms with Crippen LogP contribution in [0.2, 0.25) is 5.02 Å². The molecule has 0 fully saturated rings. The lowest BCUT2D eigenvalue weighted by Gasteiger charge is -2.08. The summed E-state index contributed by atoms with van der Waals surface area (Å²) in [6, 6.07) is 15.2. The van der Waals surface area contributed by atoms with Crippen LogP contribution in [0.25, 0.3) is 11.3 Å². The van der Waals surface area contributed by atoms with E-state index < -0.39 is 0 Å². The molecule has 0 aliphatic heterocycles. The molecule has 0 bridgehead atoms. The zero-order valence-corrected chi connectivity index (χ0v) is 15.5. The zero-order chi connectivity index (χ0) is 17.8. The molecule has 1 heterocycles. The Kier molecular flexibility index (Phi) is 5.36. The van der Waals surface area contributed by atoms with E-state index in [9.17, 15) is 4.79 Å².